The number of amides is 2. The third-order valence-electron chi connectivity index (χ3n) is 7.83. The van der Waals surface area contributed by atoms with E-state index in [4.69, 9.17) is 18.9 Å². The molecule has 4 aromatic rings. The molecule has 2 aromatic heterocycles. The predicted octanol–water partition coefficient (Wildman–Crippen LogP) is 3.10. The molecular formula is C34H39N5O9S. The molecule has 0 radical (unpaired) electrons. The van der Waals surface area contributed by atoms with Crippen molar-refractivity contribution in [1.29, 1.82) is 0 Å². The molecule has 2 amide bonds. The number of rotatable bonds is 16. The van der Waals surface area contributed by atoms with E-state index in [9.17, 15) is 22.8 Å². The highest BCUT2D eigenvalue weighted by Gasteiger charge is 2.27. The SMILES string of the molecule is Cc1ccc(-c2cc(CC(=O)OCCOCCOCCOc3ccc(C4CCC(=O)NC4=O)cc3)c3nnc(C)n3c2)cc1NS(C)(=O)=O. The van der Waals surface area contributed by atoms with Crippen molar-refractivity contribution in [2.45, 2.75) is 39.0 Å². The molecule has 15 heteroatoms. The molecule has 1 aliphatic rings. The molecule has 0 saturated carbocycles. The second-order valence-corrected chi connectivity index (χ2v) is 13.4. The zero-order valence-electron chi connectivity index (χ0n) is 27.6. The lowest BCUT2D eigenvalue weighted by atomic mass is 9.90. The van der Waals surface area contributed by atoms with Gasteiger partial charge in [0.1, 0.15) is 24.8 Å². The van der Waals surface area contributed by atoms with E-state index in [2.05, 4.69) is 20.2 Å². The number of nitrogens with one attached hydrogen (secondary N) is 2. The number of piperidine rings is 1. The number of pyridine rings is 1. The van der Waals surface area contributed by atoms with Crippen LogP contribution in [0.4, 0.5) is 5.69 Å². The van der Waals surface area contributed by atoms with Crippen molar-refractivity contribution in [3.63, 3.8) is 0 Å². The summed E-state index contributed by atoms with van der Waals surface area (Å²) in [5.41, 5.74) is 4.73. The van der Waals surface area contributed by atoms with Gasteiger partial charge in [0.2, 0.25) is 21.8 Å². The number of hydrogen-bond donors (Lipinski definition) is 2. The average Bonchev–Trinajstić information content (AvgIpc) is 3.43. The first-order chi connectivity index (χ1) is 23.5. The maximum Gasteiger partial charge on any atom is 0.310 e. The number of aryl methyl sites for hydroxylation is 2. The summed E-state index contributed by atoms with van der Waals surface area (Å²) in [6, 6.07) is 14.5. The molecule has 1 fully saturated rings. The van der Waals surface area contributed by atoms with E-state index in [1.807, 2.05) is 43.5 Å². The summed E-state index contributed by atoms with van der Waals surface area (Å²) < 4.78 is 50.2. The van der Waals surface area contributed by atoms with Gasteiger partial charge < -0.3 is 18.9 Å². The summed E-state index contributed by atoms with van der Waals surface area (Å²) in [5.74, 6) is -0.0125. The Morgan fingerprint density at radius 2 is 1.65 bits per heavy atom. The van der Waals surface area contributed by atoms with E-state index in [0.717, 1.165) is 28.5 Å². The zero-order valence-corrected chi connectivity index (χ0v) is 28.4. The third-order valence-corrected chi connectivity index (χ3v) is 8.42. The fraction of sp³-hybridized carbons (Fsp3) is 0.382. The highest BCUT2D eigenvalue weighted by atomic mass is 32.2. The van der Waals surface area contributed by atoms with Gasteiger partial charge in [-0.1, -0.05) is 24.3 Å². The van der Waals surface area contributed by atoms with Crippen LogP contribution >= 0.6 is 0 Å². The van der Waals surface area contributed by atoms with Gasteiger partial charge in [0.15, 0.2) is 5.65 Å². The molecule has 1 aliphatic heterocycles. The number of carbonyl (C=O) groups is 3. The molecule has 0 bridgehead atoms. The molecule has 1 atom stereocenters. The molecule has 1 unspecified atom stereocenters. The number of ether oxygens (including phenoxy) is 4. The number of imide groups is 1. The molecule has 49 heavy (non-hydrogen) atoms. The van der Waals surface area contributed by atoms with Crippen LogP contribution in [0.5, 0.6) is 5.75 Å². The van der Waals surface area contributed by atoms with Crippen molar-refractivity contribution in [3.8, 4) is 16.9 Å². The van der Waals surface area contributed by atoms with Crippen molar-refractivity contribution >= 4 is 39.1 Å². The molecule has 0 spiro atoms. The standard InChI is InChI=1S/C34H39N5O9S/c1-22-4-5-25(19-30(22)38-49(3,43)44)27-18-26(33-37-36-23(2)39(33)21-27)20-32(41)48-17-15-46-13-12-45-14-16-47-28-8-6-24(7-9-28)29-10-11-31(40)35-34(29)42/h4-9,18-19,21,29,38H,10-17,20H2,1-3H3,(H,35,40,42). The Bertz CT molecular complexity index is 1930. The summed E-state index contributed by atoms with van der Waals surface area (Å²) in [4.78, 5) is 36.1. The normalized spacial score (nSPS) is 14.9. The van der Waals surface area contributed by atoms with E-state index < -0.39 is 16.0 Å². The van der Waals surface area contributed by atoms with Gasteiger partial charge in [-0.15, -0.1) is 10.2 Å². The Morgan fingerprint density at radius 1 is 0.939 bits per heavy atom. The van der Waals surface area contributed by atoms with Crippen LogP contribution in [-0.2, 0) is 45.0 Å². The summed E-state index contributed by atoms with van der Waals surface area (Å²) in [6.07, 6.45) is 3.73. The molecule has 2 N–H and O–H groups in total. The van der Waals surface area contributed by atoms with Gasteiger partial charge in [-0.3, -0.25) is 28.8 Å². The van der Waals surface area contributed by atoms with E-state index in [1.165, 1.54) is 0 Å². The second-order valence-electron chi connectivity index (χ2n) is 11.6. The topological polar surface area (TPSA) is 177 Å². The summed E-state index contributed by atoms with van der Waals surface area (Å²) in [6.45, 7) is 5.21. The number of esters is 1. The second kappa shape index (κ2) is 16.0. The quantitative estimate of drug-likeness (QED) is 0.100. The Balaban J connectivity index is 1.01. The van der Waals surface area contributed by atoms with Crippen molar-refractivity contribution in [1.82, 2.24) is 19.9 Å². The number of benzene rings is 2. The van der Waals surface area contributed by atoms with Crippen LogP contribution < -0.4 is 14.8 Å². The number of sulfonamides is 1. The van der Waals surface area contributed by atoms with Crippen molar-refractivity contribution < 1.29 is 41.7 Å². The third kappa shape index (κ3) is 9.84. The number of aromatic nitrogens is 3. The summed E-state index contributed by atoms with van der Waals surface area (Å²) >= 11 is 0. The average molecular weight is 694 g/mol. The van der Waals surface area contributed by atoms with Crippen LogP contribution in [0.2, 0.25) is 0 Å². The molecule has 3 heterocycles. The lowest BCUT2D eigenvalue weighted by Crippen LogP contribution is -2.39. The van der Waals surface area contributed by atoms with Gasteiger partial charge in [-0.2, -0.15) is 0 Å². The fourth-order valence-corrected chi connectivity index (χ4v) is 5.96. The van der Waals surface area contributed by atoms with Crippen molar-refractivity contribution in [2.24, 2.45) is 0 Å². The number of anilines is 1. The van der Waals surface area contributed by atoms with Crippen molar-refractivity contribution in [3.05, 3.63) is 77.2 Å². The first-order valence-corrected chi connectivity index (χ1v) is 17.7. The summed E-state index contributed by atoms with van der Waals surface area (Å²) in [5, 5.41) is 10.7. The first kappa shape index (κ1) is 35.4. The van der Waals surface area contributed by atoms with E-state index in [1.54, 1.807) is 29.5 Å². The van der Waals surface area contributed by atoms with Crippen LogP contribution in [-0.4, -0.2) is 86.7 Å². The van der Waals surface area contributed by atoms with Gasteiger partial charge in [0.05, 0.1) is 50.7 Å². The Kier molecular flexibility index (Phi) is 11.6. The van der Waals surface area contributed by atoms with E-state index in [0.29, 0.717) is 67.7 Å². The van der Waals surface area contributed by atoms with E-state index in [-0.39, 0.29) is 37.4 Å². The van der Waals surface area contributed by atoms with Crippen LogP contribution in [0.15, 0.2) is 54.7 Å². The minimum Gasteiger partial charge on any atom is -0.491 e. The zero-order chi connectivity index (χ0) is 35.0. The van der Waals surface area contributed by atoms with Gasteiger partial charge in [-0.05, 0) is 66.8 Å². The highest BCUT2D eigenvalue weighted by Crippen LogP contribution is 2.29. The largest absolute Gasteiger partial charge is 0.491 e. The number of hydrogen-bond acceptors (Lipinski definition) is 11. The van der Waals surface area contributed by atoms with Gasteiger partial charge in [0, 0.05) is 18.2 Å². The molecule has 5 rings (SSSR count). The Labute approximate surface area is 284 Å². The highest BCUT2D eigenvalue weighted by molar-refractivity contribution is 7.92. The maximum atomic E-state index is 12.7. The molecular weight excluding hydrogens is 654 g/mol. The van der Waals surface area contributed by atoms with Gasteiger partial charge in [-0.25, -0.2) is 8.42 Å². The first-order valence-electron chi connectivity index (χ1n) is 15.8. The monoisotopic (exact) mass is 693 g/mol. The predicted molar refractivity (Wildman–Crippen MR) is 180 cm³/mol. The minimum absolute atomic E-state index is 0.0431. The summed E-state index contributed by atoms with van der Waals surface area (Å²) in [7, 11) is -3.47. The fourth-order valence-electron chi connectivity index (χ4n) is 5.34. The maximum absolute atomic E-state index is 12.7. The molecule has 260 valence electrons. The number of carbonyl (C=O) groups excluding carboxylic acids is 3. The molecule has 2 aromatic carbocycles. The lowest BCUT2D eigenvalue weighted by Gasteiger charge is -2.21. The Morgan fingerprint density at radius 3 is 2.37 bits per heavy atom. The smallest absolute Gasteiger partial charge is 0.310 e. The van der Waals surface area contributed by atoms with Crippen LogP contribution in [0.1, 0.15) is 41.3 Å². The minimum atomic E-state index is -3.47. The lowest BCUT2D eigenvalue weighted by molar-refractivity contribution is -0.144. The molecule has 1 saturated heterocycles. The van der Waals surface area contributed by atoms with Crippen LogP contribution in [0.3, 0.4) is 0 Å². The van der Waals surface area contributed by atoms with Crippen LogP contribution in [0, 0.1) is 13.8 Å². The molecule has 14 nitrogen and oxygen atoms in total. The van der Waals surface area contributed by atoms with E-state index >= 15 is 0 Å². The van der Waals surface area contributed by atoms with Crippen molar-refractivity contribution in [2.75, 3.05) is 50.6 Å². The van der Waals surface area contributed by atoms with Crippen LogP contribution in [0.25, 0.3) is 16.8 Å². The Hall–Kier alpha value is -4.86. The number of fused-ring (bicyclic) bond motifs is 1. The van der Waals surface area contributed by atoms with Gasteiger partial charge in [0.25, 0.3) is 0 Å². The van der Waals surface area contributed by atoms with Gasteiger partial charge >= 0.3 is 5.97 Å². The molecule has 0 aliphatic carbocycles. The number of nitrogens with zero attached hydrogens (tertiary/aromatic N) is 3.